The summed E-state index contributed by atoms with van der Waals surface area (Å²) >= 11 is 0.820. The van der Waals surface area contributed by atoms with Gasteiger partial charge in [-0.25, -0.2) is 0 Å². The first-order chi connectivity index (χ1) is 13.5. The van der Waals surface area contributed by atoms with E-state index in [4.69, 9.17) is 16.2 Å². The first-order valence-corrected chi connectivity index (χ1v) is 10.6. The third-order valence-electron chi connectivity index (χ3n) is 4.58. The Morgan fingerprint density at radius 2 is 2.07 bits per heavy atom. The molecule has 3 amide bonds. The van der Waals surface area contributed by atoms with Crippen LogP contribution in [0.25, 0.3) is 0 Å². The quantitative estimate of drug-likeness (QED) is 0.577. The summed E-state index contributed by atoms with van der Waals surface area (Å²) < 4.78 is 9.63. The molecule has 0 radical (unpaired) electrons. The van der Waals surface area contributed by atoms with Gasteiger partial charge in [0.05, 0.1) is 11.8 Å². The van der Waals surface area contributed by atoms with Crippen molar-refractivity contribution in [1.82, 2.24) is 14.6 Å². The Hall–Kier alpha value is -2.20. The van der Waals surface area contributed by atoms with Crippen molar-refractivity contribution >= 4 is 34.9 Å². The van der Waals surface area contributed by atoms with Crippen LogP contribution in [-0.4, -0.2) is 57.8 Å². The van der Waals surface area contributed by atoms with Gasteiger partial charge >= 0.3 is 0 Å². The molecule has 5 N–H and O–H groups in total. The third kappa shape index (κ3) is 5.89. The highest BCUT2D eigenvalue weighted by Gasteiger charge is 2.36. The van der Waals surface area contributed by atoms with E-state index in [2.05, 4.69) is 9.69 Å². The molecular formula is C19H31N5O4S. The van der Waals surface area contributed by atoms with E-state index < -0.39 is 23.4 Å². The number of aromatic nitrogens is 1. The van der Waals surface area contributed by atoms with Gasteiger partial charge in [-0.05, 0) is 51.6 Å². The van der Waals surface area contributed by atoms with E-state index in [9.17, 15) is 14.4 Å². The number of rotatable bonds is 8. The van der Waals surface area contributed by atoms with Crippen molar-refractivity contribution < 1.29 is 19.1 Å². The highest BCUT2D eigenvalue weighted by Crippen LogP contribution is 2.26. The summed E-state index contributed by atoms with van der Waals surface area (Å²) in [6.45, 7) is 8.53. The highest BCUT2D eigenvalue weighted by atomic mass is 32.1. The van der Waals surface area contributed by atoms with Crippen LogP contribution < -0.4 is 16.8 Å². The molecule has 0 spiro atoms. The van der Waals surface area contributed by atoms with Crippen LogP contribution in [0, 0.1) is 0 Å². The summed E-state index contributed by atoms with van der Waals surface area (Å²) in [6.07, 6.45) is 2.78. The second kappa shape index (κ2) is 9.53. The maximum Gasteiger partial charge on any atom is 0.270 e. The fourth-order valence-electron chi connectivity index (χ4n) is 3.27. The van der Waals surface area contributed by atoms with E-state index in [0.717, 1.165) is 24.4 Å². The molecule has 0 aromatic carbocycles. The van der Waals surface area contributed by atoms with Gasteiger partial charge in [-0.3, -0.25) is 14.4 Å². The molecule has 10 heteroatoms. The minimum Gasteiger partial charge on any atom is -0.395 e. The molecule has 1 saturated heterocycles. The predicted molar refractivity (Wildman–Crippen MR) is 112 cm³/mol. The van der Waals surface area contributed by atoms with Crippen LogP contribution >= 0.6 is 11.5 Å². The monoisotopic (exact) mass is 425 g/mol. The lowest BCUT2D eigenvalue weighted by molar-refractivity contribution is -0.127. The number of primary amides is 1. The van der Waals surface area contributed by atoms with Gasteiger partial charge in [-0.1, -0.05) is 13.3 Å². The van der Waals surface area contributed by atoms with Gasteiger partial charge in [-0.15, -0.1) is 0 Å². The molecule has 0 saturated carbocycles. The number of nitrogens with two attached hydrogens (primary N) is 2. The Morgan fingerprint density at radius 3 is 2.55 bits per heavy atom. The molecule has 9 nitrogen and oxygen atoms in total. The van der Waals surface area contributed by atoms with Crippen LogP contribution in [0.1, 0.15) is 73.5 Å². The molecule has 1 aromatic heterocycles. The minimum atomic E-state index is -0.793. The van der Waals surface area contributed by atoms with Crippen LogP contribution in [0.15, 0.2) is 0 Å². The maximum atomic E-state index is 13.4. The van der Waals surface area contributed by atoms with E-state index in [0.29, 0.717) is 19.4 Å². The van der Waals surface area contributed by atoms with Crippen LogP contribution in [0.4, 0.5) is 5.69 Å². The Kier molecular flexibility index (Phi) is 7.59. The largest absolute Gasteiger partial charge is 0.395 e. The SMILES string of the molecule is CCC[C@H](C(=O)NC(C)(C)C)N(C[C@@H]1CCCO1)C(=O)c1snc(C(N)=O)c1N. The zero-order valence-electron chi connectivity index (χ0n) is 17.5. The van der Waals surface area contributed by atoms with Crippen molar-refractivity contribution in [2.24, 2.45) is 5.73 Å². The molecular weight excluding hydrogens is 394 g/mol. The Balaban J connectivity index is 2.39. The Morgan fingerprint density at radius 1 is 1.38 bits per heavy atom. The summed E-state index contributed by atoms with van der Waals surface area (Å²) in [7, 11) is 0. The van der Waals surface area contributed by atoms with Crippen molar-refractivity contribution in [3.05, 3.63) is 10.6 Å². The Labute approximate surface area is 175 Å². The number of amides is 3. The zero-order valence-corrected chi connectivity index (χ0v) is 18.3. The summed E-state index contributed by atoms with van der Waals surface area (Å²) in [6, 6.07) is -0.686. The number of carbonyl (C=O) groups excluding carboxylic acids is 3. The van der Waals surface area contributed by atoms with Gasteiger partial charge in [0, 0.05) is 18.7 Å². The van der Waals surface area contributed by atoms with Gasteiger partial charge in [-0.2, -0.15) is 4.37 Å². The Bertz CT molecular complexity index is 752. The second-order valence-electron chi connectivity index (χ2n) is 8.27. The fourth-order valence-corrected chi connectivity index (χ4v) is 4.04. The number of nitrogens with zero attached hydrogens (tertiary/aromatic N) is 2. The molecule has 2 heterocycles. The lowest BCUT2D eigenvalue weighted by Crippen LogP contribution is -2.55. The molecule has 0 aliphatic carbocycles. The van der Waals surface area contributed by atoms with Crippen LogP contribution in [-0.2, 0) is 9.53 Å². The average molecular weight is 426 g/mol. The van der Waals surface area contributed by atoms with Gasteiger partial charge in [0.1, 0.15) is 10.9 Å². The fraction of sp³-hybridized carbons (Fsp3) is 0.684. The molecule has 29 heavy (non-hydrogen) atoms. The third-order valence-corrected chi connectivity index (χ3v) is 5.43. The number of carbonyl (C=O) groups is 3. The molecule has 0 bridgehead atoms. The number of ether oxygens (including phenoxy) is 1. The first kappa shape index (κ1) is 23.1. The molecule has 1 aliphatic rings. The first-order valence-electron chi connectivity index (χ1n) is 9.84. The van der Waals surface area contributed by atoms with Crippen molar-refractivity contribution in [3.8, 4) is 0 Å². The standard InChI is InChI=1S/C19H31N5O4S/c1-5-7-12(17(26)22-19(2,3)4)24(10-11-8-6-9-28-11)18(27)15-13(20)14(16(21)25)23-29-15/h11-12H,5-10,20H2,1-4H3,(H2,21,25)(H,22,26)/t11-,12+/m0/s1. The average Bonchev–Trinajstić information content (AvgIpc) is 3.25. The summed E-state index contributed by atoms with van der Waals surface area (Å²) in [5, 5.41) is 2.96. The summed E-state index contributed by atoms with van der Waals surface area (Å²) in [5.41, 5.74) is 10.6. The molecule has 1 aliphatic heterocycles. The topological polar surface area (TPSA) is 141 Å². The normalized spacial score (nSPS) is 17.7. The van der Waals surface area contributed by atoms with Crippen molar-refractivity contribution in [3.63, 3.8) is 0 Å². The van der Waals surface area contributed by atoms with E-state index in [1.807, 2.05) is 27.7 Å². The van der Waals surface area contributed by atoms with Crippen LogP contribution in [0.5, 0.6) is 0 Å². The summed E-state index contributed by atoms with van der Waals surface area (Å²) in [4.78, 5) is 39.5. The molecule has 0 unspecified atom stereocenters. The van der Waals surface area contributed by atoms with E-state index in [-0.39, 0.29) is 34.8 Å². The number of hydrogen-bond donors (Lipinski definition) is 3. The highest BCUT2D eigenvalue weighted by molar-refractivity contribution is 7.09. The predicted octanol–water partition coefficient (Wildman–Crippen LogP) is 1.53. The lowest BCUT2D eigenvalue weighted by Gasteiger charge is -2.34. The van der Waals surface area contributed by atoms with Gasteiger partial charge in [0.25, 0.3) is 11.8 Å². The number of nitrogen functional groups attached to an aromatic ring is 1. The van der Waals surface area contributed by atoms with Crippen LogP contribution in [0.2, 0.25) is 0 Å². The number of anilines is 1. The number of hydrogen-bond acceptors (Lipinski definition) is 7. The van der Waals surface area contributed by atoms with Gasteiger partial charge in [0.2, 0.25) is 5.91 Å². The molecule has 2 atom stereocenters. The van der Waals surface area contributed by atoms with E-state index >= 15 is 0 Å². The second-order valence-corrected chi connectivity index (χ2v) is 9.05. The molecule has 1 aromatic rings. The van der Waals surface area contributed by atoms with Gasteiger partial charge < -0.3 is 26.4 Å². The lowest BCUT2D eigenvalue weighted by atomic mass is 10.0. The van der Waals surface area contributed by atoms with Crippen molar-refractivity contribution in [1.29, 1.82) is 0 Å². The van der Waals surface area contributed by atoms with Gasteiger partial charge in [0.15, 0.2) is 5.69 Å². The van der Waals surface area contributed by atoms with E-state index in [1.54, 1.807) is 0 Å². The van der Waals surface area contributed by atoms with Crippen molar-refractivity contribution in [2.45, 2.75) is 71.1 Å². The molecule has 162 valence electrons. The van der Waals surface area contributed by atoms with Crippen LogP contribution in [0.3, 0.4) is 0 Å². The summed E-state index contributed by atoms with van der Waals surface area (Å²) in [5.74, 6) is -1.46. The molecule has 2 rings (SSSR count). The minimum absolute atomic E-state index is 0.0451. The smallest absolute Gasteiger partial charge is 0.270 e. The number of nitrogens with one attached hydrogen (secondary N) is 1. The zero-order chi connectivity index (χ0) is 21.8. The van der Waals surface area contributed by atoms with E-state index in [1.165, 1.54) is 4.90 Å². The maximum absolute atomic E-state index is 13.4. The van der Waals surface area contributed by atoms with Crippen molar-refractivity contribution in [2.75, 3.05) is 18.9 Å². The molecule has 1 fully saturated rings.